The first-order chi connectivity index (χ1) is 13.1. The predicted octanol–water partition coefficient (Wildman–Crippen LogP) is 2.97. The number of unbranched alkanes of at least 4 members (excludes halogenated alkanes) is 3. The molecule has 0 unspecified atom stereocenters. The molecule has 0 aromatic heterocycles. The first-order valence-electron chi connectivity index (χ1n) is 9.34. The van der Waals surface area contributed by atoms with E-state index >= 15 is 0 Å². The van der Waals surface area contributed by atoms with E-state index in [-0.39, 0.29) is 19.0 Å². The maximum atomic E-state index is 11.1. The summed E-state index contributed by atoms with van der Waals surface area (Å²) < 4.78 is 16.1. The van der Waals surface area contributed by atoms with Crippen LogP contribution < -0.4 is 9.47 Å². The third-order valence-corrected chi connectivity index (χ3v) is 3.97. The first-order valence-corrected chi connectivity index (χ1v) is 9.34. The van der Waals surface area contributed by atoms with Gasteiger partial charge in [-0.05, 0) is 62.3 Å². The summed E-state index contributed by atoms with van der Waals surface area (Å²) in [4.78, 5) is 22.0. The van der Waals surface area contributed by atoms with E-state index in [9.17, 15) is 9.59 Å². The highest BCUT2D eigenvalue weighted by atomic mass is 16.5. The minimum absolute atomic E-state index is 0.0173. The molecule has 7 heteroatoms. The number of hydrogen-bond donors (Lipinski definition) is 2. The quantitative estimate of drug-likeness (QED) is 0.355. The van der Waals surface area contributed by atoms with Crippen molar-refractivity contribution in [2.45, 2.75) is 51.4 Å². The number of rotatable bonds is 15. The molecule has 0 saturated carbocycles. The van der Waals surface area contributed by atoms with Crippen LogP contribution in [0.3, 0.4) is 0 Å². The number of aryl methyl sites for hydroxylation is 1. The van der Waals surface area contributed by atoms with E-state index in [1.165, 1.54) is 7.11 Å². The summed E-state index contributed by atoms with van der Waals surface area (Å²) in [6, 6.07) is 5.41. The second kappa shape index (κ2) is 13.9. The molecular weight excluding hydrogens is 352 g/mol. The first kappa shape index (κ1) is 22.8. The van der Waals surface area contributed by atoms with Crippen molar-refractivity contribution < 1.29 is 34.0 Å². The number of aliphatic hydroxyl groups excluding tert-OH is 1. The number of hydrogen-bond acceptors (Lipinski definition) is 6. The van der Waals surface area contributed by atoms with Gasteiger partial charge >= 0.3 is 11.9 Å². The van der Waals surface area contributed by atoms with Crippen molar-refractivity contribution in [3.8, 4) is 11.5 Å². The molecule has 0 fully saturated rings. The van der Waals surface area contributed by atoms with Gasteiger partial charge in [0.05, 0.1) is 20.3 Å². The van der Waals surface area contributed by atoms with Crippen molar-refractivity contribution in [3.63, 3.8) is 0 Å². The highest BCUT2D eigenvalue weighted by molar-refractivity contribution is 5.69. The number of carboxylic acid groups (broad SMARTS) is 1. The van der Waals surface area contributed by atoms with Crippen LogP contribution in [0.25, 0.3) is 0 Å². The highest BCUT2D eigenvalue weighted by Gasteiger charge is 2.09. The molecule has 1 aromatic carbocycles. The van der Waals surface area contributed by atoms with Gasteiger partial charge < -0.3 is 24.4 Å². The molecule has 7 nitrogen and oxygen atoms in total. The Morgan fingerprint density at radius 3 is 2.41 bits per heavy atom. The van der Waals surface area contributed by atoms with E-state index in [1.54, 1.807) is 12.1 Å². The zero-order chi connectivity index (χ0) is 19.9. The van der Waals surface area contributed by atoms with Crippen LogP contribution >= 0.6 is 0 Å². The minimum Gasteiger partial charge on any atom is -0.494 e. The molecule has 0 heterocycles. The van der Waals surface area contributed by atoms with Crippen molar-refractivity contribution in [2.75, 3.05) is 26.9 Å². The second-order valence-corrected chi connectivity index (χ2v) is 6.18. The number of aliphatic hydroxyl groups is 1. The Labute approximate surface area is 160 Å². The Hall–Kier alpha value is -2.28. The molecule has 0 spiro atoms. The van der Waals surface area contributed by atoms with Crippen molar-refractivity contribution >= 4 is 11.9 Å². The molecule has 152 valence electrons. The van der Waals surface area contributed by atoms with Gasteiger partial charge in [0.15, 0.2) is 0 Å². The molecule has 0 aliphatic heterocycles. The smallest absolute Gasteiger partial charge is 0.305 e. The van der Waals surface area contributed by atoms with Gasteiger partial charge in [0.2, 0.25) is 0 Å². The number of esters is 1. The van der Waals surface area contributed by atoms with Crippen molar-refractivity contribution in [1.82, 2.24) is 0 Å². The normalized spacial score (nSPS) is 10.4. The molecule has 0 amide bonds. The third-order valence-electron chi connectivity index (χ3n) is 3.97. The van der Waals surface area contributed by atoms with Gasteiger partial charge in [-0.1, -0.05) is 0 Å². The molecule has 0 bridgehead atoms. The number of methoxy groups -OCH3 is 1. The van der Waals surface area contributed by atoms with Crippen LogP contribution in [0.15, 0.2) is 18.2 Å². The highest BCUT2D eigenvalue weighted by Crippen LogP contribution is 2.26. The number of ether oxygens (including phenoxy) is 3. The Balaban J connectivity index is 2.54. The molecule has 27 heavy (non-hydrogen) atoms. The molecule has 0 saturated heterocycles. The number of carbonyl (C=O) groups is 2. The lowest BCUT2D eigenvalue weighted by Crippen LogP contribution is -2.05. The van der Waals surface area contributed by atoms with E-state index in [0.29, 0.717) is 44.0 Å². The summed E-state index contributed by atoms with van der Waals surface area (Å²) in [5, 5.41) is 17.7. The second-order valence-electron chi connectivity index (χ2n) is 6.18. The fourth-order valence-electron chi connectivity index (χ4n) is 2.46. The zero-order valence-corrected chi connectivity index (χ0v) is 15.9. The van der Waals surface area contributed by atoms with E-state index in [2.05, 4.69) is 4.74 Å². The Kier molecular flexibility index (Phi) is 11.7. The summed E-state index contributed by atoms with van der Waals surface area (Å²) in [5.74, 6) is 0.226. The molecule has 0 atom stereocenters. The Morgan fingerprint density at radius 2 is 1.70 bits per heavy atom. The van der Waals surface area contributed by atoms with E-state index in [0.717, 1.165) is 31.2 Å². The van der Waals surface area contributed by atoms with Gasteiger partial charge in [-0.2, -0.15) is 0 Å². The van der Waals surface area contributed by atoms with Gasteiger partial charge in [-0.25, -0.2) is 0 Å². The van der Waals surface area contributed by atoms with Crippen LogP contribution in [0.1, 0.15) is 50.5 Å². The Morgan fingerprint density at radius 1 is 0.963 bits per heavy atom. The third kappa shape index (κ3) is 10.5. The molecular formula is C20H30O7. The van der Waals surface area contributed by atoms with Crippen LogP contribution in [0.4, 0.5) is 0 Å². The Bertz CT molecular complexity index is 571. The number of carbonyl (C=O) groups excluding carboxylic acids is 1. The number of carboxylic acids is 1. The lowest BCUT2D eigenvalue weighted by atomic mass is 10.1. The number of aliphatic carboxylic acids is 1. The minimum atomic E-state index is -0.863. The van der Waals surface area contributed by atoms with Crippen LogP contribution in [0.5, 0.6) is 11.5 Å². The van der Waals surface area contributed by atoms with Crippen LogP contribution in [0, 0.1) is 0 Å². The van der Waals surface area contributed by atoms with Gasteiger partial charge in [0, 0.05) is 19.4 Å². The average Bonchev–Trinajstić information content (AvgIpc) is 2.66. The van der Waals surface area contributed by atoms with Gasteiger partial charge in [-0.15, -0.1) is 0 Å². The monoisotopic (exact) mass is 382 g/mol. The van der Waals surface area contributed by atoms with Gasteiger partial charge in [-0.3, -0.25) is 9.59 Å². The van der Waals surface area contributed by atoms with Crippen LogP contribution in [-0.4, -0.2) is 49.1 Å². The van der Waals surface area contributed by atoms with Crippen LogP contribution in [0.2, 0.25) is 0 Å². The fourth-order valence-corrected chi connectivity index (χ4v) is 2.46. The van der Waals surface area contributed by atoms with Crippen LogP contribution in [-0.2, 0) is 20.7 Å². The molecule has 1 rings (SSSR count). The topological polar surface area (TPSA) is 102 Å². The standard InChI is InChI=1S/C20H30O7/c1-25-20(24)7-3-6-13-26-17-9-10-18(27-14-5-2-4-12-21)16(15-17)8-11-19(22)23/h9-10,15,21H,2-8,11-14H2,1H3,(H,22,23). The van der Waals surface area contributed by atoms with Gasteiger partial charge in [0.25, 0.3) is 0 Å². The maximum Gasteiger partial charge on any atom is 0.305 e. The lowest BCUT2D eigenvalue weighted by molar-refractivity contribution is -0.141. The SMILES string of the molecule is COC(=O)CCCCOc1ccc(OCCCCCO)c(CCC(=O)O)c1. The van der Waals surface area contributed by atoms with E-state index < -0.39 is 5.97 Å². The van der Waals surface area contributed by atoms with Crippen molar-refractivity contribution in [1.29, 1.82) is 0 Å². The lowest BCUT2D eigenvalue weighted by Gasteiger charge is -2.13. The summed E-state index contributed by atoms with van der Waals surface area (Å²) in [6.45, 7) is 1.17. The summed E-state index contributed by atoms with van der Waals surface area (Å²) in [6.07, 6.45) is 4.62. The van der Waals surface area contributed by atoms with Gasteiger partial charge in [0.1, 0.15) is 11.5 Å². The summed E-state index contributed by atoms with van der Waals surface area (Å²) >= 11 is 0. The van der Waals surface area contributed by atoms with Crippen molar-refractivity contribution in [2.24, 2.45) is 0 Å². The molecule has 1 aromatic rings. The van der Waals surface area contributed by atoms with E-state index in [4.69, 9.17) is 19.7 Å². The summed E-state index contributed by atoms with van der Waals surface area (Å²) in [7, 11) is 1.37. The van der Waals surface area contributed by atoms with E-state index in [1.807, 2.05) is 6.07 Å². The average molecular weight is 382 g/mol. The molecule has 0 radical (unpaired) electrons. The van der Waals surface area contributed by atoms with Crippen molar-refractivity contribution in [3.05, 3.63) is 23.8 Å². The molecule has 0 aliphatic carbocycles. The maximum absolute atomic E-state index is 11.1. The fraction of sp³-hybridized carbons (Fsp3) is 0.600. The predicted molar refractivity (Wildman–Crippen MR) is 100 cm³/mol. The summed E-state index contributed by atoms with van der Waals surface area (Å²) in [5.41, 5.74) is 0.798. The number of benzene rings is 1. The molecule has 0 aliphatic rings. The largest absolute Gasteiger partial charge is 0.494 e. The molecule has 2 N–H and O–H groups in total. The zero-order valence-electron chi connectivity index (χ0n) is 15.9.